The molecular formula is C8H12ClN3O2S. The summed E-state index contributed by atoms with van der Waals surface area (Å²) in [6.45, 7) is 3.65. The Labute approximate surface area is 93.9 Å². The molecule has 0 radical (unpaired) electrons. The third kappa shape index (κ3) is 4.44. The number of nitrogens with one attached hydrogen (secondary N) is 1. The first kappa shape index (κ1) is 12.2. The average molecular weight is 250 g/mol. The Kier molecular flexibility index (Phi) is 3.87. The number of aromatic nitrogens is 2. The van der Waals surface area contributed by atoms with Gasteiger partial charge in [0.1, 0.15) is 0 Å². The summed E-state index contributed by atoms with van der Waals surface area (Å²) in [6, 6.07) is 2.94. The molecule has 0 amide bonds. The summed E-state index contributed by atoms with van der Waals surface area (Å²) in [5.41, 5.74) is 0. The molecule has 0 saturated carbocycles. The fourth-order valence-corrected chi connectivity index (χ4v) is 2.50. The van der Waals surface area contributed by atoms with Crippen LogP contribution in [0.15, 0.2) is 12.1 Å². The van der Waals surface area contributed by atoms with Gasteiger partial charge >= 0.3 is 0 Å². The number of sulfonamides is 1. The van der Waals surface area contributed by atoms with Crippen molar-refractivity contribution in [3.63, 3.8) is 0 Å². The molecule has 1 aromatic rings. The maximum Gasteiger partial charge on any atom is 0.234 e. The van der Waals surface area contributed by atoms with Crippen LogP contribution < -0.4 is 4.72 Å². The van der Waals surface area contributed by atoms with Crippen molar-refractivity contribution in [3.05, 3.63) is 17.3 Å². The highest BCUT2D eigenvalue weighted by molar-refractivity contribution is 7.92. The molecule has 0 aliphatic heterocycles. The van der Waals surface area contributed by atoms with Crippen LogP contribution in [-0.2, 0) is 10.0 Å². The van der Waals surface area contributed by atoms with Gasteiger partial charge in [0.15, 0.2) is 11.0 Å². The second-order valence-corrected chi connectivity index (χ2v) is 5.67. The molecule has 84 valence electrons. The first-order valence-electron chi connectivity index (χ1n) is 4.39. The summed E-state index contributed by atoms with van der Waals surface area (Å²) in [6.07, 6.45) is 0. The largest absolute Gasteiger partial charge is 0.266 e. The average Bonchev–Trinajstić information content (AvgIpc) is 2.06. The minimum atomic E-state index is -3.34. The summed E-state index contributed by atoms with van der Waals surface area (Å²) in [5.74, 6) is 0.292. The van der Waals surface area contributed by atoms with Crippen LogP contribution in [0.4, 0.5) is 5.82 Å². The van der Waals surface area contributed by atoms with Gasteiger partial charge in [0.05, 0.1) is 5.75 Å². The lowest BCUT2D eigenvalue weighted by Gasteiger charge is -2.08. The van der Waals surface area contributed by atoms with E-state index in [1.54, 1.807) is 0 Å². The van der Waals surface area contributed by atoms with Crippen molar-refractivity contribution >= 4 is 27.4 Å². The zero-order chi connectivity index (χ0) is 11.5. The van der Waals surface area contributed by atoms with Crippen LogP contribution in [0.3, 0.4) is 0 Å². The molecule has 1 heterocycles. The van der Waals surface area contributed by atoms with Crippen LogP contribution in [0.25, 0.3) is 0 Å². The number of halogens is 1. The smallest absolute Gasteiger partial charge is 0.234 e. The topological polar surface area (TPSA) is 72.0 Å². The van der Waals surface area contributed by atoms with Crippen LogP contribution >= 0.6 is 11.6 Å². The quantitative estimate of drug-likeness (QED) is 0.878. The van der Waals surface area contributed by atoms with E-state index in [1.807, 2.05) is 13.8 Å². The Morgan fingerprint density at radius 1 is 1.40 bits per heavy atom. The van der Waals surface area contributed by atoms with Crippen molar-refractivity contribution in [2.45, 2.75) is 13.8 Å². The van der Waals surface area contributed by atoms with Gasteiger partial charge in [-0.25, -0.2) is 8.42 Å². The van der Waals surface area contributed by atoms with Gasteiger partial charge in [0.2, 0.25) is 10.0 Å². The molecule has 0 aromatic carbocycles. The van der Waals surface area contributed by atoms with Crippen LogP contribution in [-0.4, -0.2) is 24.4 Å². The summed E-state index contributed by atoms with van der Waals surface area (Å²) in [7, 11) is -3.34. The number of hydrogen-bond acceptors (Lipinski definition) is 4. The lowest BCUT2D eigenvalue weighted by molar-refractivity contribution is 0.587. The van der Waals surface area contributed by atoms with Crippen molar-refractivity contribution in [3.8, 4) is 0 Å². The first-order valence-corrected chi connectivity index (χ1v) is 6.42. The van der Waals surface area contributed by atoms with E-state index >= 15 is 0 Å². The lowest BCUT2D eigenvalue weighted by Crippen LogP contribution is -2.20. The van der Waals surface area contributed by atoms with E-state index in [2.05, 4.69) is 14.9 Å². The van der Waals surface area contributed by atoms with Gasteiger partial charge < -0.3 is 0 Å². The van der Waals surface area contributed by atoms with Crippen LogP contribution in [0.2, 0.25) is 5.15 Å². The third-order valence-electron chi connectivity index (χ3n) is 1.44. The van der Waals surface area contributed by atoms with E-state index in [0.29, 0.717) is 0 Å². The molecule has 0 bridgehead atoms. The number of rotatable bonds is 4. The third-order valence-corrected chi connectivity index (χ3v) is 3.27. The highest BCUT2D eigenvalue weighted by Crippen LogP contribution is 2.09. The number of anilines is 1. The highest BCUT2D eigenvalue weighted by Gasteiger charge is 2.13. The Morgan fingerprint density at radius 2 is 2.07 bits per heavy atom. The molecular weight excluding hydrogens is 238 g/mol. The Bertz CT molecular complexity index is 416. The molecule has 7 heteroatoms. The molecule has 5 nitrogen and oxygen atoms in total. The normalized spacial score (nSPS) is 11.7. The van der Waals surface area contributed by atoms with Gasteiger partial charge in [-0.15, -0.1) is 10.2 Å². The predicted octanol–water partition coefficient (Wildman–Crippen LogP) is 1.53. The van der Waals surface area contributed by atoms with Crippen molar-refractivity contribution in [2.75, 3.05) is 10.5 Å². The van der Waals surface area contributed by atoms with Crippen molar-refractivity contribution in [2.24, 2.45) is 5.92 Å². The fourth-order valence-electron chi connectivity index (χ4n) is 1.01. The first-order chi connectivity index (χ1) is 6.89. The van der Waals surface area contributed by atoms with Gasteiger partial charge in [0.25, 0.3) is 0 Å². The molecule has 1 aromatic heterocycles. The van der Waals surface area contributed by atoms with Gasteiger partial charge in [0, 0.05) is 0 Å². The summed E-state index contributed by atoms with van der Waals surface area (Å²) >= 11 is 5.52. The van der Waals surface area contributed by atoms with Crippen LogP contribution in [0.5, 0.6) is 0 Å². The van der Waals surface area contributed by atoms with Gasteiger partial charge in [-0.05, 0) is 18.1 Å². The Hall–Kier alpha value is -0.880. The van der Waals surface area contributed by atoms with E-state index in [-0.39, 0.29) is 22.6 Å². The number of nitrogens with zero attached hydrogens (tertiary/aromatic N) is 2. The van der Waals surface area contributed by atoms with Crippen LogP contribution in [0, 0.1) is 5.92 Å². The van der Waals surface area contributed by atoms with Crippen molar-refractivity contribution in [1.82, 2.24) is 10.2 Å². The summed E-state index contributed by atoms with van der Waals surface area (Å²) in [4.78, 5) is 0. The minimum absolute atomic E-state index is 0.0529. The lowest BCUT2D eigenvalue weighted by atomic mass is 10.3. The second kappa shape index (κ2) is 4.76. The highest BCUT2D eigenvalue weighted by atomic mass is 35.5. The monoisotopic (exact) mass is 249 g/mol. The predicted molar refractivity (Wildman–Crippen MR) is 59.3 cm³/mol. The molecule has 0 aliphatic rings. The zero-order valence-electron chi connectivity index (χ0n) is 8.44. The molecule has 0 saturated heterocycles. The molecule has 1 rings (SSSR count). The van der Waals surface area contributed by atoms with E-state index < -0.39 is 10.0 Å². The molecule has 0 spiro atoms. The second-order valence-electron chi connectivity index (χ2n) is 3.52. The molecule has 0 atom stereocenters. The van der Waals surface area contributed by atoms with Gasteiger partial charge in [-0.1, -0.05) is 25.4 Å². The van der Waals surface area contributed by atoms with E-state index in [0.717, 1.165) is 0 Å². The molecule has 0 aliphatic carbocycles. The standard InChI is InChI=1S/C8H12ClN3O2S/c1-6(2)5-15(13,14)12-8-4-3-7(9)10-11-8/h3-4,6H,5H2,1-2H3,(H,11,12). The molecule has 15 heavy (non-hydrogen) atoms. The van der Waals surface area contributed by atoms with Crippen molar-refractivity contribution in [1.29, 1.82) is 0 Å². The maximum absolute atomic E-state index is 11.5. The van der Waals surface area contributed by atoms with E-state index in [4.69, 9.17) is 11.6 Å². The van der Waals surface area contributed by atoms with Gasteiger partial charge in [-0.2, -0.15) is 0 Å². The Morgan fingerprint density at radius 3 is 2.53 bits per heavy atom. The summed E-state index contributed by atoms with van der Waals surface area (Å²) in [5, 5.41) is 7.35. The molecule has 0 unspecified atom stereocenters. The van der Waals surface area contributed by atoms with E-state index in [1.165, 1.54) is 12.1 Å². The SMILES string of the molecule is CC(C)CS(=O)(=O)Nc1ccc(Cl)nn1. The molecule has 0 fully saturated rings. The van der Waals surface area contributed by atoms with Gasteiger partial charge in [-0.3, -0.25) is 4.72 Å². The van der Waals surface area contributed by atoms with Crippen LogP contribution in [0.1, 0.15) is 13.8 Å². The fraction of sp³-hybridized carbons (Fsp3) is 0.500. The molecule has 1 N–H and O–H groups in total. The van der Waals surface area contributed by atoms with Crippen molar-refractivity contribution < 1.29 is 8.42 Å². The zero-order valence-corrected chi connectivity index (χ0v) is 10.0. The maximum atomic E-state index is 11.5. The number of hydrogen-bond donors (Lipinski definition) is 1. The minimum Gasteiger partial charge on any atom is -0.266 e. The summed E-state index contributed by atoms with van der Waals surface area (Å²) < 4.78 is 25.3. The van der Waals surface area contributed by atoms with E-state index in [9.17, 15) is 8.42 Å². The Balaban J connectivity index is 2.73.